The van der Waals surface area contributed by atoms with Gasteiger partial charge in [-0.25, -0.2) is 0 Å². The number of rotatable bonds is 9. The predicted molar refractivity (Wildman–Crippen MR) is 158 cm³/mol. The second-order valence-electron chi connectivity index (χ2n) is 11.8. The van der Waals surface area contributed by atoms with Crippen molar-refractivity contribution >= 4 is 17.7 Å². The van der Waals surface area contributed by atoms with E-state index in [0.29, 0.717) is 32.6 Å². The summed E-state index contributed by atoms with van der Waals surface area (Å²) in [5, 5.41) is 10.7. The maximum absolute atomic E-state index is 14.6. The van der Waals surface area contributed by atoms with Crippen LogP contribution in [0.4, 0.5) is 0 Å². The van der Waals surface area contributed by atoms with E-state index < -0.39 is 35.6 Å². The quantitative estimate of drug-likeness (QED) is 0.469. The summed E-state index contributed by atoms with van der Waals surface area (Å²) in [5.74, 6) is -2.30. The van der Waals surface area contributed by atoms with Crippen molar-refractivity contribution in [3.8, 4) is 0 Å². The molecule has 0 bridgehead atoms. The van der Waals surface area contributed by atoms with Crippen LogP contribution in [0.1, 0.15) is 30.9 Å². The maximum Gasteiger partial charge on any atom is 0.249 e. The number of aliphatic hydroxyl groups excluding tert-OH is 1. The fourth-order valence-electron chi connectivity index (χ4n) is 7.20. The predicted octanol–water partition coefficient (Wildman–Crippen LogP) is 2.97. The van der Waals surface area contributed by atoms with Gasteiger partial charge in [0.25, 0.3) is 0 Å². The average molecular weight is 570 g/mol. The number of carbonyl (C=O) groups is 3. The number of carbonyl (C=O) groups excluding carboxylic acids is 3. The van der Waals surface area contributed by atoms with Crippen molar-refractivity contribution in [2.45, 2.75) is 56.5 Å². The number of benzene rings is 2. The molecule has 8 heteroatoms. The third kappa shape index (κ3) is 4.86. The zero-order valence-corrected chi connectivity index (χ0v) is 24.0. The molecule has 2 aromatic carbocycles. The Labute approximate surface area is 247 Å². The van der Waals surface area contributed by atoms with E-state index in [1.54, 1.807) is 14.7 Å². The molecule has 2 aromatic rings. The highest BCUT2D eigenvalue weighted by atomic mass is 16.5. The number of nitrogens with zero attached hydrogens (tertiary/aromatic N) is 3. The second-order valence-corrected chi connectivity index (χ2v) is 11.8. The van der Waals surface area contributed by atoms with Crippen LogP contribution in [0.5, 0.6) is 0 Å². The van der Waals surface area contributed by atoms with Crippen LogP contribution < -0.4 is 0 Å². The lowest BCUT2D eigenvalue weighted by Gasteiger charge is -2.38. The molecule has 8 nitrogen and oxygen atoms in total. The first-order valence-corrected chi connectivity index (χ1v) is 15.1. The molecule has 2 saturated heterocycles. The monoisotopic (exact) mass is 569 g/mol. The lowest BCUT2D eigenvalue weighted by molar-refractivity contribution is -0.151. The summed E-state index contributed by atoms with van der Waals surface area (Å²) in [6, 6.07) is 17.9. The lowest BCUT2D eigenvalue weighted by atomic mass is 9.77. The summed E-state index contributed by atoms with van der Waals surface area (Å²) in [5.41, 5.74) is 0.656. The zero-order valence-electron chi connectivity index (χ0n) is 24.0. The summed E-state index contributed by atoms with van der Waals surface area (Å²) in [4.78, 5) is 48.4. The van der Waals surface area contributed by atoms with Crippen LogP contribution in [0.25, 0.3) is 0 Å². The van der Waals surface area contributed by atoms with Gasteiger partial charge in [-0.05, 0) is 24.0 Å². The van der Waals surface area contributed by atoms with E-state index in [0.717, 1.165) is 24.0 Å². The summed E-state index contributed by atoms with van der Waals surface area (Å²) in [7, 11) is 0. The highest BCUT2D eigenvalue weighted by Crippen LogP contribution is 2.54. The Bertz CT molecular complexity index is 1360. The van der Waals surface area contributed by atoms with E-state index in [1.807, 2.05) is 85.0 Å². The van der Waals surface area contributed by atoms with Crippen LogP contribution in [-0.4, -0.2) is 87.6 Å². The number of aliphatic hydroxyl groups is 1. The lowest BCUT2D eigenvalue weighted by Crippen LogP contribution is -2.58. The molecule has 0 saturated carbocycles. The Balaban J connectivity index is 1.40. The van der Waals surface area contributed by atoms with Crippen LogP contribution in [-0.2, 0) is 32.1 Å². The van der Waals surface area contributed by atoms with Gasteiger partial charge in [0.15, 0.2) is 0 Å². The van der Waals surface area contributed by atoms with Crippen LogP contribution >= 0.6 is 0 Å². The van der Waals surface area contributed by atoms with Gasteiger partial charge >= 0.3 is 0 Å². The van der Waals surface area contributed by atoms with Gasteiger partial charge in [0.2, 0.25) is 17.7 Å². The van der Waals surface area contributed by atoms with Crippen LogP contribution in [0.2, 0.25) is 0 Å². The molecular formula is C34H39N3O5. The van der Waals surface area contributed by atoms with Gasteiger partial charge < -0.3 is 24.5 Å². The Kier molecular flexibility index (Phi) is 8.01. The molecule has 0 aromatic heterocycles. The van der Waals surface area contributed by atoms with Crippen molar-refractivity contribution in [3.63, 3.8) is 0 Å². The van der Waals surface area contributed by atoms with Gasteiger partial charge in [-0.3, -0.25) is 14.4 Å². The summed E-state index contributed by atoms with van der Waals surface area (Å²) in [6.07, 6.45) is 9.14. The largest absolute Gasteiger partial charge is 0.394 e. The normalized spacial score (nSPS) is 29.3. The molecule has 4 aliphatic rings. The number of hydrogen-bond acceptors (Lipinski definition) is 5. The van der Waals surface area contributed by atoms with Crippen molar-refractivity contribution < 1.29 is 24.2 Å². The van der Waals surface area contributed by atoms with E-state index in [-0.39, 0.29) is 24.3 Å². The maximum atomic E-state index is 14.6. The topological polar surface area (TPSA) is 90.4 Å². The van der Waals surface area contributed by atoms with Crippen LogP contribution in [0.3, 0.4) is 0 Å². The van der Waals surface area contributed by atoms with E-state index in [2.05, 4.69) is 6.92 Å². The molecule has 3 amide bonds. The first-order chi connectivity index (χ1) is 20.5. The van der Waals surface area contributed by atoms with Crippen molar-refractivity contribution in [1.29, 1.82) is 0 Å². The molecule has 6 rings (SSSR count). The van der Waals surface area contributed by atoms with Crippen molar-refractivity contribution in [3.05, 3.63) is 96.1 Å². The number of amides is 3. The van der Waals surface area contributed by atoms with Gasteiger partial charge in [-0.15, -0.1) is 0 Å². The number of unbranched alkanes of at least 4 members (excludes halogenated alkanes) is 1. The van der Waals surface area contributed by atoms with E-state index in [4.69, 9.17) is 4.74 Å². The third-order valence-corrected chi connectivity index (χ3v) is 9.18. The second kappa shape index (κ2) is 11.9. The number of hydrogen-bond donors (Lipinski definition) is 1. The molecule has 0 aliphatic carbocycles. The molecule has 6 atom stereocenters. The van der Waals surface area contributed by atoms with Crippen molar-refractivity contribution in [2.24, 2.45) is 11.8 Å². The smallest absolute Gasteiger partial charge is 0.249 e. The highest BCUT2D eigenvalue weighted by molar-refractivity contribution is 6.00. The Morgan fingerprint density at radius 3 is 2.29 bits per heavy atom. The summed E-state index contributed by atoms with van der Waals surface area (Å²) >= 11 is 0. The van der Waals surface area contributed by atoms with Crippen molar-refractivity contribution in [2.75, 3.05) is 26.2 Å². The van der Waals surface area contributed by atoms with E-state index in [1.165, 1.54) is 0 Å². The van der Waals surface area contributed by atoms with Gasteiger partial charge in [0.1, 0.15) is 11.6 Å². The third-order valence-electron chi connectivity index (χ3n) is 9.18. The average Bonchev–Trinajstić information content (AvgIpc) is 3.34. The molecule has 1 spiro atoms. The first kappa shape index (κ1) is 28.4. The van der Waals surface area contributed by atoms with Gasteiger partial charge in [0, 0.05) is 26.2 Å². The van der Waals surface area contributed by atoms with Gasteiger partial charge in [0.05, 0.1) is 30.6 Å². The minimum atomic E-state index is -1.30. The number of fused-ring (bicyclic) bond motifs is 2. The SMILES string of the molecule is CCCCN1CC=C[C@]23O[C@H]4C=CCN(Cc5ccccc5)C(=O)[C@H]4[C@H]2C(=O)N([C@@H](CO)Cc2ccccc2)C3C1=O. The summed E-state index contributed by atoms with van der Waals surface area (Å²) < 4.78 is 6.77. The molecule has 4 aliphatic heterocycles. The first-order valence-electron chi connectivity index (χ1n) is 15.1. The Morgan fingerprint density at radius 1 is 0.905 bits per heavy atom. The van der Waals surface area contributed by atoms with Crippen LogP contribution in [0.15, 0.2) is 85.0 Å². The van der Waals surface area contributed by atoms with Gasteiger partial charge in [-0.1, -0.05) is 98.3 Å². The van der Waals surface area contributed by atoms with E-state index >= 15 is 0 Å². The fraction of sp³-hybridized carbons (Fsp3) is 0.441. The molecule has 1 unspecified atom stereocenters. The Hall–Kier alpha value is -3.75. The number of ether oxygens (including phenoxy) is 1. The molecule has 220 valence electrons. The molecule has 2 fully saturated rings. The standard InChI is InChI=1S/C34H39N3O5/c1-2-3-18-35-20-11-17-34-29(28-27(42-34)16-10-19-36(31(28)39)22-25-14-8-5-9-15-25)32(40)37(30(34)33(35)41)26(23-38)21-24-12-6-4-7-13-24/h4-17,26-30,38H,2-3,18-23H2,1H3/t26-,27+,28-,29+,30?,34+/m1/s1. The minimum Gasteiger partial charge on any atom is -0.394 e. The minimum absolute atomic E-state index is 0.152. The van der Waals surface area contributed by atoms with Gasteiger partial charge in [-0.2, -0.15) is 0 Å². The molecule has 42 heavy (non-hydrogen) atoms. The van der Waals surface area contributed by atoms with Crippen molar-refractivity contribution in [1.82, 2.24) is 14.7 Å². The highest BCUT2D eigenvalue weighted by Gasteiger charge is 2.72. The molecule has 0 radical (unpaired) electrons. The fourth-order valence-corrected chi connectivity index (χ4v) is 7.20. The zero-order chi connectivity index (χ0) is 29.3. The summed E-state index contributed by atoms with van der Waals surface area (Å²) in [6.45, 7) is 3.58. The molecule has 4 heterocycles. The Morgan fingerprint density at radius 2 is 1.60 bits per heavy atom. The molecular weight excluding hydrogens is 530 g/mol. The van der Waals surface area contributed by atoms with Crippen LogP contribution in [0, 0.1) is 11.8 Å². The van der Waals surface area contributed by atoms with E-state index in [9.17, 15) is 19.5 Å². The number of likely N-dealkylation sites (tertiary alicyclic amines) is 1. The molecule has 1 N–H and O–H groups in total.